The smallest absolute Gasteiger partial charge is 0.329 e. The lowest BCUT2D eigenvalue weighted by molar-refractivity contribution is -0.134. The standard InChI is InChI=1S/C4H6O2/c1-3-4(5)6-2/h3H,1H2,2H3/i1D. The topological polar surface area (TPSA) is 26.3 Å². The van der Waals surface area contributed by atoms with Crippen LogP contribution in [0.4, 0.5) is 0 Å². The van der Waals surface area contributed by atoms with Crippen molar-refractivity contribution in [2.45, 2.75) is 0 Å². The quantitative estimate of drug-likeness (QED) is 0.340. The van der Waals surface area contributed by atoms with Gasteiger partial charge in [0, 0.05) is 6.08 Å². The van der Waals surface area contributed by atoms with Gasteiger partial charge in [-0.05, 0) is 0 Å². The van der Waals surface area contributed by atoms with Crippen LogP contribution < -0.4 is 0 Å². The average molecular weight is 87.1 g/mol. The van der Waals surface area contributed by atoms with Crippen LogP contribution >= 0.6 is 0 Å². The highest BCUT2D eigenvalue weighted by Crippen LogP contribution is 1.67. The highest BCUT2D eigenvalue weighted by Gasteiger charge is 1.81. The molecule has 0 aliphatic rings. The van der Waals surface area contributed by atoms with Gasteiger partial charge in [0.2, 0.25) is 0 Å². The zero-order valence-corrected chi connectivity index (χ0v) is 3.47. The maximum Gasteiger partial charge on any atom is 0.329 e. The van der Waals surface area contributed by atoms with Crippen molar-refractivity contribution in [1.82, 2.24) is 0 Å². The maximum absolute atomic E-state index is 9.98. The Morgan fingerprint density at radius 3 is 3.17 bits per heavy atom. The van der Waals surface area contributed by atoms with E-state index >= 15 is 0 Å². The molecule has 0 saturated carbocycles. The predicted octanol–water partition coefficient (Wildman–Crippen LogP) is 0.345. The average Bonchev–Trinajstić information content (AvgIpc) is 1.68. The molecule has 0 heterocycles. The Bertz CT molecular complexity index is 87.7. The molecule has 0 bridgehead atoms. The molecule has 0 aliphatic heterocycles. The van der Waals surface area contributed by atoms with E-state index in [-0.39, 0.29) is 0 Å². The van der Waals surface area contributed by atoms with Crippen LogP contribution in [0.15, 0.2) is 12.6 Å². The van der Waals surface area contributed by atoms with Gasteiger partial charge in [0.1, 0.15) is 0 Å². The highest BCUT2D eigenvalue weighted by atomic mass is 16.5. The lowest BCUT2D eigenvalue weighted by Gasteiger charge is -1.83. The van der Waals surface area contributed by atoms with E-state index in [9.17, 15) is 4.79 Å². The van der Waals surface area contributed by atoms with Gasteiger partial charge in [0.05, 0.1) is 8.48 Å². The first-order chi connectivity index (χ1) is 3.31. The number of hydrogen-bond donors (Lipinski definition) is 0. The first-order valence-corrected chi connectivity index (χ1v) is 1.44. The number of methoxy groups -OCH3 is 1. The fourth-order valence-corrected chi connectivity index (χ4v) is 0.0680. The molecule has 0 fully saturated rings. The Balaban J connectivity index is 3.37. The normalized spacial score (nSPS) is 11.2. The van der Waals surface area contributed by atoms with Gasteiger partial charge in [-0.1, -0.05) is 6.55 Å². The van der Waals surface area contributed by atoms with Crippen LogP contribution in [0.25, 0.3) is 0 Å². The van der Waals surface area contributed by atoms with Crippen LogP contribution in [0.2, 0.25) is 0 Å². The Morgan fingerprint density at radius 2 is 3.00 bits per heavy atom. The summed E-state index contributed by atoms with van der Waals surface area (Å²) in [6, 6.07) is 0. The molecule has 0 radical (unpaired) electrons. The Labute approximate surface area is 37.8 Å². The van der Waals surface area contributed by atoms with Gasteiger partial charge in [-0.3, -0.25) is 0 Å². The van der Waals surface area contributed by atoms with Crippen LogP contribution in [0.5, 0.6) is 0 Å². The second kappa shape index (κ2) is 2.45. The van der Waals surface area contributed by atoms with Gasteiger partial charge >= 0.3 is 5.97 Å². The molecule has 2 heteroatoms. The van der Waals surface area contributed by atoms with Crippen molar-refractivity contribution in [1.29, 1.82) is 0 Å². The lowest BCUT2D eigenvalue weighted by atomic mass is 10.7. The maximum atomic E-state index is 9.98. The van der Waals surface area contributed by atoms with Gasteiger partial charge in [0.25, 0.3) is 0 Å². The summed E-state index contributed by atoms with van der Waals surface area (Å²) in [5.74, 6) is -0.491. The third-order valence-electron chi connectivity index (χ3n) is 0.337. The van der Waals surface area contributed by atoms with Crippen molar-refractivity contribution < 1.29 is 10.9 Å². The SMILES string of the molecule is [2H]C=CC(=O)OC. The summed E-state index contributed by atoms with van der Waals surface area (Å²) in [5, 5.41) is 0. The van der Waals surface area contributed by atoms with E-state index in [1.54, 1.807) is 0 Å². The van der Waals surface area contributed by atoms with E-state index in [1.807, 2.05) is 0 Å². The second-order valence-electron chi connectivity index (χ2n) is 0.690. The fourth-order valence-electron chi connectivity index (χ4n) is 0.0680. The lowest BCUT2D eigenvalue weighted by Crippen LogP contribution is -1.91. The largest absolute Gasteiger partial charge is 0.466 e. The molecule has 0 amide bonds. The first-order valence-electron chi connectivity index (χ1n) is 2.02. The summed E-state index contributed by atoms with van der Waals surface area (Å²) in [5.41, 5.74) is 0. The molecule has 6 heavy (non-hydrogen) atoms. The van der Waals surface area contributed by atoms with Crippen LogP contribution in [0.3, 0.4) is 0 Å². The van der Waals surface area contributed by atoms with E-state index < -0.39 is 5.97 Å². The molecule has 0 aromatic rings. The number of ether oxygens (including phenoxy) is 1. The summed E-state index contributed by atoms with van der Waals surface area (Å²) in [6.45, 7) is 0.881. The summed E-state index contributed by atoms with van der Waals surface area (Å²) in [7, 11) is 1.27. The Kier molecular flexibility index (Phi) is 1.39. The van der Waals surface area contributed by atoms with E-state index in [4.69, 9.17) is 1.37 Å². The van der Waals surface area contributed by atoms with Crippen LogP contribution in [-0.4, -0.2) is 13.1 Å². The van der Waals surface area contributed by atoms with Crippen molar-refractivity contribution >= 4 is 5.97 Å². The van der Waals surface area contributed by atoms with Gasteiger partial charge < -0.3 is 4.74 Å². The zero-order chi connectivity index (χ0) is 5.70. The minimum absolute atomic E-state index is 0.491. The zero-order valence-electron chi connectivity index (χ0n) is 4.47. The molecule has 34 valence electrons. The molecule has 0 aromatic heterocycles. The summed E-state index contributed by atoms with van der Waals surface area (Å²) in [6.07, 6.45) is 1.03. The Hall–Kier alpha value is -0.790. The van der Waals surface area contributed by atoms with Crippen molar-refractivity contribution in [2.75, 3.05) is 7.11 Å². The molecule has 2 nitrogen and oxygen atoms in total. The molecule has 0 spiro atoms. The molecule has 0 N–H and O–H groups in total. The van der Waals surface area contributed by atoms with Crippen LogP contribution in [0.1, 0.15) is 1.37 Å². The monoisotopic (exact) mass is 87.0 g/mol. The Morgan fingerprint density at radius 1 is 2.33 bits per heavy atom. The predicted molar refractivity (Wildman–Crippen MR) is 22.2 cm³/mol. The molecule has 0 aliphatic carbocycles. The number of hydrogen-bond acceptors (Lipinski definition) is 2. The van der Waals surface area contributed by atoms with Crippen molar-refractivity contribution in [3.8, 4) is 0 Å². The first kappa shape index (κ1) is 3.40. The molecular weight excluding hydrogens is 80.0 g/mol. The van der Waals surface area contributed by atoms with Crippen molar-refractivity contribution in [3.63, 3.8) is 0 Å². The molecule has 0 unspecified atom stereocenters. The summed E-state index contributed by atoms with van der Waals surface area (Å²) >= 11 is 0. The molecule has 0 saturated heterocycles. The molecule has 0 aromatic carbocycles. The van der Waals surface area contributed by atoms with Crippen molar-refractivity contribution in [3.05, 3.63) is 12.6 Å². The summed E-state index contributed by atoms with van der Waals surface area (Å²) < 4.78 is 10.5. The minimum atomic E-state index is -0.491. The number of carbonyl (C=O) groups is 1. The third kappa shape index (κ3) is 1.52. The minimum Gasteiger partial charge on any atom is -0.466 e. The van der Waals surface area contributed by atoms with Crippen LogP contribution in [-0.2, 0) is 9.53 Å². The molecule has 0 rings (SSSR count). The molecule has 0 atom stereocenters. The van der Waals surface area contributed by atoms with Crippen molar-refractivity contribution in [2.24, 2.45) is 0 Å². The van der Waals surface area contributed by atoms with Gasteiger partial charge in [-0.2, -0.15) is 0 Å². The van der Waals surface area contributed by atoms with Gasteiger partial charge in [-0.15, -0.1) is 0 Å². The second-order valence-corrected chi connectivity index (χ2v) is 0.690. The number of esters is 1. The van der Waals surface area contributed by atoms with Gasteiger partial charge in [0.15, 0.2) is 0 Å². The van der Waals surface area contributed by atoms with E-state index in [0.29, 0.717) is 0 Å². The fraction of sp³-hybridized carbons (Fsp3) is 0.250. The van der Waals surface area contributed by atoms with Gasteiger partial charge in [-0.25, -0.2) is 4.79 Å². The van der Waals surface area contributed by atoms with Crippen LogP contribution in [0, 0.1) is 0 Å². The molecular formula is C4H6O2. The number of rotatable bonds is 1. The van der Waals surface area contributed by atoms with E-state index in [1.165, 1.54) is 7.11 Å². The summed E-state index contributed by atoms with van der Waals surface area (Å²) in [4.78, 5) is 9.98. The highest BCUT2D eigenvalue weighted by molar-refractivity contribution is 5.80. The van der Waals surface area contributed by atoms with E-state index in [2.05, 4.69) is 4.74 Å². The number of carbonyl (C=O) groups excluding carboxylic acids is 1. The third-order valence-corrected chi connectivity index (χ3v) is 0.337. The van der Waals surface area contributed by atoms with E-state index in [0.717, 1.165) is 12.6 Å².